The van der Waals surface area contributed by atoms with Gasteiger partial charge >= 0.3 is 0 Å². The van der Waals surface area contributed by atoms with Crippen LogP contribution >= 0.6 is 0 Å². The molecule has 3 N–H and O–H groups in total. The summed E-state index contributed by atoms with van der Waals surface area (Å²) in [7, 11) is 0. The van der Waals surface area contributed by atoms with Gasteiger partial charge in [-0.2, -0.15) is 0 Å². The van der Waals surface area contributed by atoms with E-state index in [1.165, 1.54) is 5.56 Å². The molecule has 1 heterocycles. The van der Waals surface area contributed by atoms with Crippen molar-refractivity contribution in [2.45, 2.75) is 38.3 Å². The largest absolute Gasteiger partial charge is 0.382 e. The summed E-state index contributed by atoms with van der Waals surface area (Å²) in [5, 5.41) is 3.58. The van der Waals surface area contributed by atoms with E-state index in [1.54, 1.807) is 0 Å². The molecule has 0 aliphatic carbocycles. The smallest absolute Gasteiger partial charge is 0.239 e. The van der Waals surface area contributed by atoms with Crippen molar-refractivity contribution in [2.24, 2.45) is 5.73 Å². The Balaban J connectivity index is 1.49. The molecule has 1 atom stereocenters. The third-order valence-electron chi connectivity index (χ3n) is 4.81. The van der Waals surface area contributed by atoms with Gasteiger partial charge in [0.1, 0.15) is 0 Å². The molecule has 2 aromatic rings. The van der Waals surface area contributed by atoms with Crippen molar-refractivity contribution in [2.75, 3.05) is 18.4 Å². The van der Waals surface area contributed by atoms with Gasteiger partial charge in [0.15, 0.2) is 0 Å². The predicted molar refractivity (Wildman–Crippen MR) is 103 cm³/mol. The van der Waals surface area contributed by atoms with Crippen molar-refractivity contribution in [3.05, 3.63) is 65.7 Å². The number of benzene rings is 2. The molecule has 0 aromatic heterocycles. The molecule has 25 heavy (non-hydrogen) atoms. The maximum Gasteiger partial charge on any atom is 0.239 e. The molecule has 0 saturated carbocycles. The SMILES string of the molecule is Cc1cccc(NC2CCN(C(=O)C(N)Cc3ccccc3)CC2)c1. The maximum absolute atomic E-state index is 12.6. The fraction of sp³-hybridized carbons (Fsp3) is 0.381. The van der Waals surface area contributed by atoms with Gasteiger partial charge in [0.05, 0.1) is 6.04 Å². The molecule has 1 aliphatic heterocycles. The van der Waals surface area contributed by atoms with Gasteiger partial charge in [-0.05, 0) is 49.4 Å². The zero-order chi connectivity index (χ0) is 17.6. The van der Waals surface area contributed by atoms with Gasteiger partial charge in [0.2, 0.25) is 5.91 Å². The van der Waals surface area contributed by atoms with E-state index < -0.39 is 6.04 Å². The molecule has 1 unspecified atom stereocenters. The highest BCUT2D eigenvalue weighted by atomic mass is 16.2. The van der Waals surface area contributed by atoms with Crippen LogP contribution in [0, 0.1) is 6.92 Å². The van der Waals surface area contributed by atoms with Crippen molar-refractivity contribution >= 4 is 11.6 Å². The van der Waals surface area contributed by atoms with Crippen LogP contribution in [0.15, 0.2) is 54.6 Å². The minimum Gasteiger partial charge on any atom is -0.382 e. The fourth-order valence-corrected chi connectivity index (χ4v) is 3.40. The van der Waals surface area contributed by atoms with E-state index in [0.717, 1.165) is 37.2 Å². The summed E-state index contributed by atoms with van der Waals surface area (Å²) in [6.07, 6.45) is 2.51. The number of nitrogens with two attached hydrogens (primary N) is 1. The number of rotatable bonds is 5. The molecule has 1 saturated heterocycles. The number of hydrogen-bond acceptors (Lipinski definition) is 3. The third-order valence-corrected chi connectivity index (χ3v) is 4.81. The topological polar surface area (TPSA) is 58.4 Å². The van der Waals surface area contributed by atoms with Gasteiger partial charge in [-0.25, -0.2) is 0 Å². The zero-order valence-corrected chi connectivity index (χ0v) is 14.8. The lowest BCUT2D eigenvalue weighted by Crippen LogP contribution is -2.49. The van der Waals surface area contributed by atoms with Gasteiger partial charge < -0.3 is 16.0 Å². The van der Waals surface area contributed by atoms with E-state index in [4.69, 9.17) is 5.73 Å². The number of anilines is 1. The van der Waals surface area contributed by atoms with Crippen LogP contribution in [0.1, 0.15) is 24.0 Å². The van der Waals surface area contributed by atoms with Crippen LogP contribution in [0.5, 0.6) is 0 Å². The molecule has 0 bridgehead atoms. The molecule has 4 nitrogen and oxygen atoms in total. The van der Waals surface area contributed by atoms with Gasteiger partial charge in [0, 0.05) is 24.8 Å². The minimum atomic E-state index is -0.455. The van der Waals surface area contributed by atoms with Crippen LogP contribution in [0.25, 0.3) is 0 Å². The Labute approximate surface area is 150 Å². The molecule has 132 valence electrons. The highest BCUT2D eigenvalue weighted by Gasteiger charge is 2.26. The van der Waals surface area contributed by atoms with Crippen LogP contribution in [0.2, 0.25) is 0 Å². The Morgan fingerprint density at radius 1 is 1.16 bits per heavy atom. The Kier molecular flexibility index (Phi) is 5.71. The molecule has 0 radical (unpaired) electrons. The summed E-state index contributed by atoms with van der Waals surface area (Å²) >= 11 is 0. The standard InChI is InChI=1S/C21H27N3O/c1-16-6-5-9-19(14-16)23-18-10-12-24(13-11-18)21(25)20(22)15-17-7-3-2-4-8-17/h2-9,14,18,20,23H,10-13,15,22H2,1H3. The fourth-order valence-electron chi connectivity index (χ4n) is 3.40. The predicted octanol–water partition coefficient (Wildman–Crippen LogP) is 2.97. The van der Waals surface area contributed by atoms with E-state index in [2.05, 4.69) is 36.5 Å². The monoisotopic (exact) mass is 337 g/mol. The molecule has 1 aliphatic rings. The lowest BCUT2D eigenvalue weighted by atomic mass is 10.0. The van der Waals surface area contributed by atoms with Crippen molar-refractivity contribution < 1.29 is 4.79 Å². The second-order valence-electron chi connectivity index (χ2n) is 6.91. The Hall–Kier alpha value is -2.33. The number of aryl methyl sites for hydroxylation is 1. The highest BCUT2D eigenvalue weighted by molar-refractivity contribution is 5.82. The highest BCUT2D eigenvalue weighted by Crippen LogP contribution is 2.18. The van der Waals surface area contributed by atoms with E-state index in [0.29, 0.717) is 12.5 Å². The van der Waals surface area contributed by atoms with Gasteiger partial charge in [-0.3, -0.25) is 4.79 Å². The average Bonchev–Trinajstić information content (AvgIpc) is 2.62. The summed E-state index contributed by atoms with van der Waals surface area (Å²) in [5.41, 5.74) is 9.67. The van der Waals surface area contributed by atoms with E-state index in [1.807, 2.05) is 35.2 Å². The number of hydrogen-bond donors (Lipinski definition) is 2. The van der Waals surface area contributed by atoms with Crippen molar-refractivity contribution in [3.8, 4) is 0 Å². The van der Waals surface area contributed by atoms with E-state index in [-0.39, 0.29) is 5.91 Å². The van der Waals surface area contributed by atoms with Gasteiger partial charge in [-0.1, -0.05) is 42.5 Å². The first-order valence-electron chi connectivity index (χ1n) is 9.03. The molecule has 2 aromatic carbocycles. The van der Waals surface area contributed by atoms with Crippen LogP contribution < -0.4 is 11.1 Å². The first kappa shape index (κ1) is 17.5. The van der Waals surface area contributed by atoms with Crippen molar-refractivity contribution in [1.29, 1.82) is 0 Å². The summed E-state index contributed by atoms with van der Waals surface area (Å²) in [6.45, 7) is 3.64. The summed E-state index contributed by atoms with van der Waals surface area (Å²) in [5.74, 6) is 0.0675. The maximum atomic E-state index is 12.6. The molecular weight excluding hydrogens is 310 g/mol. The molecular formula is C21H27N3O. The Bertz CT molecular complexity index is 693. The van der Waals surface area contributed by atoms with E-state index >= 15 is 0 Å². The number of likely N-dealkylation sites (tertiary alicyclic amines) is 1. The number of carbonyl (C=O) groups excluding carboxylic acids is 1. The number of carbonyl (C=O) groups is 1. The average molecular weight is 337 g/mol. The van der Waals surface area contributed by atoms with Crippen molar-refractivity contribution in [1.82, 2.24) is 4.90 Å². The van der Waals surface area contributed by atoms with Crippen LogP contribution in [-0.4, -0.2) is 36.0 Å². The zero-order valence-electron chi connectivity index (χ0n) is 14.8. The first-order chi connectivity index (χ1) is 12.1. The number of piperidine rings is 1. The Morgan fingerprint density at radius 3 is 2.56 bits per heavy atom. The molecule has 0 spiro atoms. The van der Waals surface area contributed by atoms with Crippen LogP contribution in [0.3, 0.4) is 0 Å². The third kappa shape index (κ3) is 4.83. The quantitative estimate of drug-likeness (QED) is 0.882. The second kappa shape index (κ2) is 8.17. The first-order valence-corrected chi connectivity index (χ1v) is 9.03. The second-order valence-corrected chi connectivity index (χ2v) is 6.91. The molecule has 1 fully saturated rings. The molecule has 1 amide bonds. The normalized spacial score (nSPS) is 16.5. The minimum absolute atomic E-state index is 0.0675. The van der Waals surface area contributed by atoms with Crippen molar-refractivity contribution in [3.63, 3.8) is 0 Å². The lowest BCUT2D eigenvalue weighted by molar-refractivity contribution is -0.133. The van der Waals surface area contributed by atoms with Crippen LogP contribution in [-0.2, 0) is 11.2 Å². The van der Waals surface area contributed by atoms with E-state index in [9.17, 15) is 4.79 Å². The summed E-state index contributed by atoms with van der Waals surface area (Å²) in [4.78, 5) is 14.5. The number of nitrogens with zero attached hydrogens (tertiary/aromatic N) is 1. The molecule has 3 rings (SSSR count). The number of nitrogens with one attached hydrogen (secondary N) is 1. The lowest BCUT2D eigenvalue weighted by Gasteiger charge is -2.34. The summed E-state index contributed by atoms with van der Waals surface area (Å²) in [6, 6.07) is 18.4. The summed E-state index contributed by atoms with van der Waals surface area (Å²) < 4.78 is 0. The van der Waals surface area contributed by atoms with Gasteiger partial charge in [-0.15, -0.1) is 0 Å². The van der Waals surface area contributed by atoms with Gasteiger partial charge in [0.25, 0.3) is 0 Å². The Morgan fingerprint density at radius 2 is 1.88 bits per heavy atom. The number of amides is 1. The van der Waals surface area contributed by atoms with Crippen LogP contribution in [0.4, 0.5) is 5.69 Å². The molecule has 4 heteroatoms.